The highest BCUT2D eigenvalue weighted by Crippen LogP contribution is 2.08. The monoisotopic (exact) mass is 124 g/mol. The summed E-state index contributed by atoms with van der Waals surface area (Å²) < 4.78 is 0. The van der Waals surface area contributed by atoms with Crippen molar-refractivity contribution >= 4 is 6.29 Å². The lowest BCUT2D eigenvalue weighted by molar-refractivity contribution is 0.112. The molecule has 0 aliphatic carbocycles. The van der Waals surface area contributed by atoms with E-state index in [0.717, 1.165) is 6.20 Å². The molecule has 1 heterocycles. The zero-order valence-electron chi connectivity index (χ0n) is 4.48. The fourth-order valence-corrected chi connectivity index (χ4v) is 0.415. The predicted molar refractivity (Wildman–Crippen MR) is 29.1 cm³/mol. The van der Waals surface area contributed by atoms with Crippen LogP contribution in [0.3, 0.4) is 0 Å². The second kappa shape index (κ2) is 2.21. The molecule has 1 aromatic rings. The zero-order chi connectivity index (χ0) is 6.69. The van der Waals surface area contributed by atoms with Gasteiger partial charge in [0.2, 0.25) is 0 Å². The smallest absolute Gasteiger partial charge is 0.155 e. The first kappa shape index (κ1) is 5.68. The maximum absolute atomic E-state index is 10.00. The summed E-state index contributed by atoms with van der Waals surface area (Å²) in [5.74, 6) is -0.139. The Bertz CT molecular complexity index is 224. The number of aldehydes is 1. The second-order valence-electron chi connectivity index (χ2n) is 1.45. The van der Waals surface area contributed by atoms with E-state index in [1.165, 1.54) is 6.20 Å². The first-order valence-corrected chi connectivity index (χ1v) is 2.29. The van der Waals surface area contributed by atoms with Crippen LogP contribution in [0.5, 0.6) is 5.75 Å². The number of carbonyl (C=O) groups excluding carboxylic acids is 1. The Morgan fingerprint density at radius 3 is 2.56 bits per heavy atom. The number of rotatable bonds is 1. The van der Waals surface area contributed by atoms with Crippen molar-refractivity contribution in [2.24, 2.45) is 0 Å². The number of hydrogen-bond donors (Lipinski definition) is 1. The molecular weight excluding hydrogens is 120 g/mol. The van der Waals surface area contributed by atoms with Crippen molar-refractivity contribution < 1.29 is 9.90 Å². The van der Waals surface area contributed by atoms with Crippen LogP contribution in [0.4, 0.5) is 0 Å². The summed E-state index contributed by atoms with van der Waals surface area (Å²) in [6.45, 7) is 0. The zero-order valence-corrected chi connectivity index (χ0v) is 4.48. The molecule has 0 aliphatic heterocycles. The molecule has 0 saturated heterocycles. The molecule has 0 atom stereocenters. The molecular formula is C5H4N2O2. The average Bonchev–Trinajstić information content (AvgIpc) is 1.89. The first-order chi connectivity index (χ1) is 4.34. The normalized spacial score (nSPS) is 8.89. The fourth-order valence-electron chi connectivity index (χ4n) is 0.415. The van der Waals surface area contributed by atoms with E-state index in [1.54, 1.807) is 0 Å². The van der Waals surface area contributed by atoms with Gasteiger partial charge in [-0.3, -0.25) is 4.79 Å². The van der Waals surface area contributed by atoms with Crippen LogP contribution in [0.25, 0.3) is 0 Å². The van der Waals surface area contributed by atoms with Crippen LogP contribution in [0.15, 0.2) is 12.4 Å². The lowest BCUT2D eigenvalue weighted by Crippen LogP contribution is -1.84. The van der Waals surface area contributed by atoms with E-state index in [9.17, 15) is 4.79 Å². The highest BCUT2D eigenvalue weighted by Gasteiger charge is 1.95. The minimum absolute atomic E-state index is 0.139. The number of carbonyl (C=O) groups is 1. The van der Waals surface area contributed by atoms with Gasteiger partial charge in [0.15, 0.2) is 6.29 Å². The standard InChI is InChI=1S/C5H4N2O2/c8-3-4-1-6-7-2-5(4)9/h1-3H,(H,6,9). The van der Waals surface area contributed by atoms with Crippen LogP contribution in [-0.4, -0.2) is 21.6 Å². The molecule has 0 unspecified atom stereocenters. The Kier molecular flexibility index (Phi) is 1.40. The van der Waals surface area contributed by atoms with Gasteiger partial charge in [0.25, 0.3) is 0 Å². The summed E-state index contributed by atoms with van der Waals surface area (Å²) in [7, 11) is 0. The van der Waals surface area contributed by atoms with Gasteiger partial charge in [0, 0.05) is 0 Å². The van der Waals surface area contributed by atoms with E-state index < -0.39 is 0 Å². The summed E-state index contributed by atoms with van der Waals surface area (Å²) in [4.78, 5) is 10.00. The quantitative estimate of drug-likeness (QED) is 0.535. The minimum Gasteiger partial charge on any atom is -0.505 e. The third kappa shape index (κ3) is 1.02. The number of aromatic hydroxyl groups is 1. The molecule has 1 aromatic heterocycles. The SMILES string of the molecule is O=Cc1cnncc1O. The Labute approximate surface area is 51.2 Å². The topological polar surface area (TPSA) is 63.1 Å². The Hall–Kier alpha value is -1.45. The highest BCUT2D eigenvalue weighted by atomic mass is 16.3. The van der Waals surface area contributed by atoms with Gasteiger partial charge in [0.1, 0.15) is 5.75 Å². The van der Waals surface area contributed by atoms with Gasteiger partial charge in [-0.2, -0.15) is 10.2 Å². The maximum atomic E-state index is 10.00. The van der Waals surface area contributed by atoms with Crippen molar-refractivity contribution in [3.63, 3.8) is 0 Å². The van der Waals surface area contributed by atoms with Crippen LogP contribution in [-0.2, 0) is 0 Å². The summed E-state index contributed by atoms with van der Waals surface area (Å²) in [6, 6.07) is 0. The van der Waals surface area contributed by atoms with Crippen LogP contribution < -0.4 is 0 Å². The lowest BCUT2D eigenvalue weighted by atomic mass is 10.3. The second-order valence-corrected chi connectivity index (χ2v) is 1.45. The van der Waals surface area contributed by atoms with Gasteiger partial charge in [0.05, 0.1) is 18.0 Å². The Morgan fingerprint density at radius 2 is 2.11 bits per heavy atom. The van der Waals surface area contributed by atoms with Crippen LogP contribution >= 0.6 is 0 Å². The van der Waals surface area contributed by atoms with Crippen molar-refractivity contribution in [3.8, 4) is 5.75 Å². The van der Waals surface area contributed by atoms with Crippen molar-refractivity contribution in [2.45, 2.75) is 0 Å². The number of nitrogens with zero attached hydrogens (tertiary/aromatic N) is 2. The molecule has 0 fully saturated rings. The van der Waals surface area contributed by atoms with E-state index in [0.29, 0.717) is 6.29 Å². The molecule has 4 heteroatoms. The van der Waals surface area contributed by atoms with E-state index >= 15 is 0 Å². The molecule has 0 bridgehead atoms. The van der Waals surface area contributed by atoms with Crippen molar-refractivity contribution in [1.82, 2.24) is 10.2 Å². The first-order valence-electron chi connectivity index (χ1n) is 2.29. The summed E-state index contributed by atoms with van der Waals surface area (Å²) in [5.41, 5.74) is 0.157. The summed E-state index contributed by atoms with van der Waals surface area (Å²) in [5, 5.41) is 15.5. The third-order valence-electron chi connectivity index (χ3n) is 0.866. The minimum atomic E-state index is -0.139. The molecule has 4 nitrogen and oxygen atoms in total. The lowest BCUT2D eigenvalue weighted by Gasteiger charge is -1.89. The molecule has 46 valence electrons. The Balaban J connectivity index is 3.15. The highest BCUT2D eigenvalue weighted by molar-refractivity contribution is 5.77. The molecule has 0 radical (unpaired) electrons. The maximum Gasteiger partial charge on any atom is 0.155 e. The largest absolute Gasteiger partial charge is 0.505 e. The molecule has 0 saturated carbocycles. The third-order valence-corrected chi connectivity index (χ3v) is 0.866. The molecule has 1 N–H and O–H groups in total. The van der Waals surface area contributed by atoms with E-state index in [4.69, 9.17) is 5.11 Å². The number of hydrogen-bond acceptors (Lipinski definition) is 4. The van der Waals surface area contributed by atoms with Gasteiger partial charge in [-0.25, -0.2) is 0 Å². The fraction of sp³-hybridized carbons (Fsp3) is 0. The van der Waals surface area contributed by atoms with Crippen LogP contribution in [0.1, 0.15) is 10.4 Å². The van der Waals surface area contributed by atoms with E-state index in [-0.39, 0.29) is 11.3 Å². The summed E-state index contributed by atoms with van der Waals surface area (Å²) >= 11 is 0. The van der Waals surface area contributed by atoms with Gasteiger partial charge in [-0.1, -0.05) is 0 Å². The van der Waals surface area contributed by atoms with Gasteiger partial charge in [-0.15, -0.1) is 0 Å². The van der Waals surface area contributed by atoms with Crippen molar-refractivity contribution in [3.05, 3.63) is 18.0 Å². The summed E-state index contributed by atoms with van der Waals surface area (Å²) in [6.07, 6.45) is 2.83. The van der Waals surface area contributed by atoms with Crippen molar-refractivity contribution in [2.75, 3.05) is 0 Å². The Morgan fingerprint density at radius 1 is 1.44 bits per heavy atom. The molecule has 1 rings (SSSR count). The predicted octanol–water partition coefficient (Wildman–Crippen LogP) is -0.00530. The molecule has 0 aliphatic rings. The van der Waals surface area contributed by atoms with Crippen molar-refractivity contribution in [1.29, 1.82) is 0 Å². The molecule has 0 spiro atoms. The molecule has 0 aromatic carbocycles. The number of aromatic nitrogens is 2. The van der Waals surface area contributed by atoms with Gasteiger partial charge < -0.3 is 5.11 Å². The molecule has 9 heavy (non-hydrogen) atoms. The van der Waals surface area contributed by atoms with Crippen LogP contribution in [0, 0.1) is 0 Å². The van der Waals surface area contributed by atoms with Gasteiger partial charge in [-0.05, 0) is 0 Å². The average molecular weight is 124 g/mol. The van der Waals surface area contributed by atoms with Gasteiger partial charge >= 0.3 is 0 Å². The van der Waals surface area contributed by atoms with E-state index in [2.05, 4.69) is 10.2 Å². The van der Waals surface area contributed by atoms with Crippen LogP contribution in [0.2, 0.25) is 0 Å². The molecule has 0 amide bonds. The van der Waals surface area contributed by atoms with E-state index in [1.807, 2.05) is 0 Å².